The van der Waals surface area contributed by atoms with Gasteiger partial charge in [0.25, 0.3) is 0 Å². The number of hydrazone groups is 1. The Morgan fingerprint density at radius 3 is 2.90 bits per heavy atom. The van der Waals surface area contributed by atoms with Gasteiger partial charge in [-0.25, -0.2) is 0 Å². The topological polar surface area (TPSA) is 36.4 Å². The molecule has 3 nitrogen and oxygen atoms in total. The molecule has 0 spiro atoms. The summed E-state index contributed by atoms with van der Waals surface area (Å²) in [7, 11) is 0. The van der Waals surface area contributed by atoms with Gasteiger partial charge in [0, 0.05) is 12.8 Å². The van der Waals surface area contributed by atoms with Gasteiger partial charge in [-0.15, -0.1) is 0 Å². The van der Waals surface area contributed by atoms with E-state index in [9.17, 15) is 0 Å². The van der Waals surface area contributed by atoms with Crippen LogP contribution in [0, 0.1) is 0 Å². The first-order chi connectivity index (χ1) is 4.75. The molecule has 0 bridgehead atoms. The van der Waals surface area contributed by atoms with E-state index in [1.54, 1.807) is 0 Å². The third-order valence-corrected chi connectivity index (χ3v) is 1.79. The van der Waals surface area contributed by atoms with Crippen molar-refractivity contribution in [2.75, 3.05) is 0 Å². The Balaban J connectivity index is 2.55. The molecule has 0 saturated carbocycles. The van der Waals surface area contributed by atoms with Gasteiger partial charge < -0.3 is 10.7 Å². The Morgan fingerprint density at radius 1 is 1.80 bits per heavy atom. The molecule has 1 aliphatic heterocycles. The van der Waals surface area contributed by atoms with Crippen LogP contribution in [0.2, 0.25) is 0 Å². The molecule has 0 unspecified atom stereocenters. The van der Waals surface area contributed by atoms with Gasteiger partial charge in [0.1, 0.15) is 0 Å². The highest BCUT2D eigenvalue weighted by atomic mass is 15.3. The second-order valence-corrected chi connectivity index (χ2v) is 2.61. The fraction of sp³-hybridized carbons (Fsp3) is 0.571. The highest BCUT2D eigenvalue weighted by Crippen LogP contribution is 2.11. The summed E-state index contributed by atoms with van der Waals surface area (Å²) in [5.41, 5.74) is 4.20. The lowest BCUT2D eigenvalue weighted by Crippen LogP contribution is -2.37. The Kier molecular flexibility index (Phi) is 1.94. The van der Waals surface area contributed by atoms with Gasteiger partial charge in [0.15, 0.2) is 0 Å². The minimum Gasteiger partial charge on any atom is -0.386 e. The average Bonchev–Trinajstić information content (AvgIpc) is 2.20. The number of hydrogen-bond donors (Lipinski definition) is 2. The van der Waals surface area contributed by atoms with Crippen LogP contribution >= 0.6 is 0 Å². The van der Waals surface area contributed by atoms with Crippen LogP contribution in [0.5, 0.6) is 0 Å². The van der Waals surface area contributed by atoms with Gasteiger partial charge in [-0.3, -0.25) is 0 Å². The summed E-state index contributed by atoms with van der Waals surface area (Å²) < 4.78 is 0. The Morgan fingerprint density at radius 2 is 2.50 bits per heavy atom. The predicted molar refractivity (Wildman–Crippen MR) is 42.8 cm³/mol. The molecule has 1 rings (SSSR count). The quantitative estimate of drug-likeness (QED) is 0.430. The molecule has 1 aliphatic rings. The van der Waals surface area contributed by atoms with Gasteiger partial charge in [-0.2, -0.15) is 5.10 Å². The number of rotatable bonds is 2. The molecule has 2 N–H and O–H groups in total. The lowest BCUT2D eigenvalue weighted by atomic mass is 10.1. The van der Waals surface area contributed by atoms with Gasteiger partial charge in [-0.1, -0.05) is 0 Å². The lowest BCUT2D eigenvalue weighted by Gasteiger charge is -2.16. The maximum atomic E-state index is 3.64. The van der Waals surface area contributed by atoms with E-state index in [1.807, 2.05) is 6.20 Å². The second kappa shape index (κ2) is 2.73. The maximum Gasteiger partial charge on any atom is 0.0861 e. The van der Waals surface area contributed by atoms with Gasteiger partial charge in [-0.05, 0) is 25.6 Å². The third-order valence-electron chi connectivity index (χ3n) is 1.79. The van der Waals surface area contributed by atoms with Crippen LogP contribution in [-0.4, -0.2) is 18.8 Å². The minimum absolute atomic E-state index is 0.317. The van der Waals surface area contributed by atoms with Crippen LogP contribution in [0.3, 0.4) is 0 Å². The van der Waals surface area contributed by atoms with Crippen molar-refractivity contribution in [2.45, 2.75) is 25.9 Å². The molecule has 3 heteroatoms. The molecule has 0 fully saturated rings. The average molecular weight is 139 g/mol. The molecule has 0 radical (unpaired) electrons. The summed E-state index contributed by atoms with van der Waals surface area (Å²) in [6, 6.07) is 0.739. The molecule has 0 aromatic rings. The van der Waals surface area contributed by atoms with Crippen LogP contribution < -0.4 is 10.7 Å². The molecule has 0 amide bonds. The van der Waals surface area contributed by atoms with Crippen LogP contribution in [0.25, 0.3) is 0 Å². The lowest BCUT2D eigenvalue weighted by molar-refractivity contribution is 0.509. The van der Waals surface area contributed by atoms with Crippen molar-refractivity contribution in [3.63, 3.8) is 0 Å². The zero-order valence-electron chi connectivity index (χ0n) is 6.39. The Hall–Kier alpha value is -0.990. The van der Waals surface area contributed by atoms with Gasteiger partial charge in [0.2, 0.25) is 0 Å². The van der Waals surface area contributed by atoms with Gasteiger partial charge in [0.05, 0.1) is 6.04 Å². The van der Waals surface area contributed by atoms with Crippen LogP contribution in [0.1, 0.15) is 13.8 Å². The summed E-state index contributed by atoms with van der Waals surface area (Å²) >= 11 is 0. The van der Waals surface area contributed by atoms with E-state index < -0.39 is 0 Å². The molecular formula is C7H13N3. The molecule has 0 aromatic heterocycles. The van der Waals surface area contributed by atoms with E-state index in [2.05, 4.69) is 36.4 Å². The highest BCUT2D eigenvalue weighted by Gasteiger charge is 2.21. The summed E-state index contributed by atoms with van der Waals surface area (Å²) in [6.07, 6.45) is 2.01. The fourth-order valence-electron chi connectivity index (χ4n) is 1.16. The molecule has 0 saturated heterocycles. The number of nitrogens with one attached hydrogen (secondary N) is 2. The van der Waals surface area contributed by atoms with Crippen molar-refractivity contribution in [3.05, 3.63) is 11.8 Å². The van der Waals surface area contributed by atoms with Crippen molar-refractivity contribution in [2.24, 2.45) is 5.10 Å². The second-order valence-electron chi connectivity index (χ2n) is 2.61. The zero-order chi connectivity index (χ0) is 7.56. The molecular weight excluding hydrogens is 126 g/mol. The first-order valence-electron chi connectivity index (χ1n) is 3.39. The van der Waals surface area contributed by atoms with Crippen molar-refractivity contribution >= 4 is 6.72 Å². The number of hydrogen-bond acceptors (Lipinski definition) is 3. The smallest absolute Gasteiger partial charge is 0.0861 e. The van der Waals surface area contributed by atoms with Crippen molar-refractivity contribution in [3.8, 4) is 0 Å². The molecule has 56 valence electrons. The monoisotopic (exact) mass is 139 g/mol. The Labute approximate surface area is 61.2 Å². The number of nitrogens with zero attached hydrogens (tertiary/aromatic N) is 1. The molecule has 10 heavy (non-hydrogen) atoms. The highest BCUT2D eigenvalue weighted by molar-refractivity contribution is 5.24. The molecule has 0 aliphatic carbocycles. The summed E-state index contributed by atoms with van der Waals surface area (Å²) in [5, 5.41) is 6.83. The largest absolute Gasteiger partial charge is 0.386 e. The van der Waals surface area contributed by atoms with Crippen molar-refractivity contribution in [1.82, 2.24) is 10.7 Å². The maximum absolute atomic E-state index is 3.64. The summed E-state index contributed by atoms with van der Waals surface area (Å²) in [4.78, 5) is 0. The first-order valence-corrected chi connectivity index (χ1v) is 3.39. The molecule has 1 heterocycles. The van der Waals surface area contributed by atoms with E-state index in [4.69, 9.17) is 0 Å². The Bertz CT molecular complexity index is 162. The van der Waals surface area contributed by atoms with Crippen molar-refractivity contribution < 1.29 is 0 Å². The molecule has 2 atom stereocenters. The normalized spacial score (nSPS) is 30.8. The SMILES string of the molecule is C=NN[C@@H]1C(C)=CN[C@H]1C. The fourth-order valence-corrected chi connectivity index (χ4v) is 1.16. The van der Waals surface area contributed by atoms with Crippen LogP contribution in [-0.2, 0) is 0 Å². The van der Waals surface area contributed by atoms with E-state index in [1.165, 1.54) is 5.57 Å². The van der Waals surface area contributed by atoms with E-state index in [-0.39, 0.29) is 0 Å². The first kappa shape index (κ1) is 7.12. The van der Waals surface area contributed by atoms with Gasteiger partial charge >= 0.3 is 0 Å². The molecule has 0 aromatic carbocycles. The van der Waals surface area contributed by atoms with Crippen molar-refractivity contribution in [1.29, 1.82) is 0 Å². The van der Waals surface area contributed by atoms with E-state index in [0.717, 1.165) is 0 Å². The van der Waals surface area contributed by atoms with E-state index >= 15 is 0 Å². The third kappa shape index (κ3) is 1.12. The predicted octanol–water partition coefficient (Wildman–Crippen LogP) is 0.456. The standard InChI is InChI=1S/C7H13N3/c1-5-4-9-6(2)7(5)10-8-3/h4,6-7,9-10H,3H2,1-2H3/t6-,7+/m0/s1. The summed E-state index contributed by atoms with van der Waals surface area (Å²) in [6.45, 7) is 7.55. The summed E-state index contributed by atoms with van der Waals surface area (Å²) in [5.74, 6) is 0. The minimum atomic E-state index is 0.317. The van der Waals surface area contributed by atoms with Crippen LogP contribution in [0.15, 0.2) is 16.9 Å². The zero-order valence-corrected chi connectivity index (χ0v) is 6.39. The van der Waals surface area contributed by atoms with E-state index in [0.29, 0.717) is 12.1 Å². The van der Waals surface area contributed by atoms with Crippen LogP contribution in [0.4, 0.5) is 0 Å².